The summed E-state index contributed by atoms with van der Waals surface area (Å²) in [7, 11) is 0. The van der Waals surface area contributed by atoms with Crippen LogP contribution in [0.5, 0.6) is 0 Å². The van der Waals surface area contributed by atoms with E-state index in [9.17, 15) is 0 Å². The molecule has 94 valence electrons. The molecular formula is C12H11Cl2N3S. The third-order valence-electron chi connectivity index (χ3n) is 3.28. The molecule has 0 aromatic carbocycles. The summed E-state index contributed by atoms with van der Waals surface area (Å²) in [6.07, 6.45) is 4.70. The first-order valence-electron chi connectivity index (χ1n) is 5.87. The van der Waals surface area contributed by atoms with Crippen LogP contribution in [0, 0.1) is 0 Å². The number of thiazole rings is 1. The molecule has 18 heavy (non-hydrogen) atoms. The molecule has 0 saturated heterocycles. The van der Waals surface area contributed by atoms with Crippen LogP contribution >= 0.6 is 34.5 Å². The highest BCUT2D eigenvalue weighted by Gasteiger charge is 2.24. The summed E-state index contributed by atoms with van der Waals surface area (Å²) in [5.41, 5.74) is 3.38. The van der Waals surface area contributed by atoms with Gasteiger partial charge in [-0.1, -0.05) is 36.0 Å². The van der Waals surface area contributed by atoms with E-state index in [-0.39, 0.29) is 0 Å². The lowest BCUT2D eigenvalue weighted by Gasteiger charge is -2.13. The molecule has 2 aromatic rings. The second-order valence-electron chi connectivity index (χ2n) is 4.40. The Labute approximate surface area is 119 Å². The maximum absolute atomic E-state index is 6.27. The van der Waals surface area contributed by atoms with Gasteiger partial charge in [-0.15, -0.1) is 11.3 Å². The van der Waals surface area contributed by atoms with Gasteiger partial charge < -0.3 is 0 Å². The minimum atomic E-state index is 0.412. The Morgan fingerprint density at radius 1 is 1.11 bits per heavy atom. The standard InChI is InChI=1S/C12H11Cl2N3S/c13-10-9(7-3-1-2-4-7)11(14)17-12(16-10)8-5-18-6-15-8/h5-7H,1-4H2. The van der Waals surface area contributed by atoms with Gasteiger partial charge in [0.1, 0.15) is 16.0 Å². The Balaban J connectivity index is 2.03. The van der Waals surface area contributed by atoms with Gasteiger partial charge >= 0.3 is 0 Å². The smallest absolute Gasteiger partial charge is 0.181 e. The van der Waals surface area contributed by atoms with E-state index in [4.69, 9.17) is 23.2 Å². The first-order chi connectivity index (χ1) is 8.75. The zero-order chi connectivity index (χ0) is 12.5. The summed E-state index contributed by atoms with van der Waals surface area (Å²) in [6.45, 7) is 0. The van der Waals surface area contributed by atoms with Gasteiger partial charge in [0.25, 0.3) is 0 Å². The molecule has 0 atom stereocenters. The highest BCUT2D eigenvalue weighted by molar-refractivity contribution is 7.07. The van der Waals surface area contributed by atoms with Crippen molar-refractivity contribution >= 4 is 34.5 Å². The van der Waals surface area contributed by atoms with Crippen LogP contribution < -0.4 is 0 Å². The molecule has 1 aliphatic carbocycles. The van der Waals surface area contributed by atoms with Gasteiger partial charge in [0.2, 0.25) is 0 Å². The molecule has 0 unspecified atom stereocenters. The number of hydrogen-bond donors (Lipinski definition) is 0. The minimum absolute atomic E-state index is 0.412. The summed E-state index contributed by atoms with van der Waals surface area (Å²) in [6, 6.07) is 0. The first-order valence-corrected chi connectivity index (χ1v) is 7.57. The van der Waals surface area contributed by atoms with Gasteiger partial charge in [0, 0.05) is 10.9 Å². The average molecular weight is 300 g/mol. The minimum Gasteiger partial charge on any atom is -0.241 e. The van der Waals surface area contributed by atoms with Crippen molar-refractivity contribution in [1.82, 2.24) is 15.0 Å². The van der Waals surface area contributed by atoms with Gasteiger partial charge in [0.15, 0.2) is 5.82 Å². The molecule has 6 heteroatoms. The normalized spacial score (nSPS) is 16.3. The Hall–Kier alpha value is -0.710. The van der Waals surface area contributed by atoms with Crippen LogP contribution in [-0.2, 0) is 0 Å². The molecule has 2 heterocycles. The van der Waals surface area contributed by atoms with Gasteiger partial charge in [0.05, 0.1) is 5.51 Å². The molecule has 1 aliphatic rings. The second kappa shape index (κ2) is 5.11. The zero-order valence-electron chi connectivity index (χ0n) is 9.57. The number of rotatable bonds is 2. The van der Waals surface area contributed by atoms with Gasteiger partial charge in [-0.25, -0.2) is 15.0 Å². The van der Waals surface area contributed by atoms with Crippen molar-refractivity contribution in [3.8, 4) is 11.5 Å². The van der Waals surface area contributed by atoms with Crippen molar-refractivity contribution in [2.24, 2.45) is 0 Å². The number of aromatic nitrogens is 3. The molecule has 0 radical (unpaired) electrons. The molecule has 0 amide bonds. The molecule has 3 nitrogen and oxygen atoms in total. The van der Waals surface area contributed by atoms with E-state index in [2.05, 4.69) is 15.0 Å². The van der Waals surface area contributed by atoms with E-state index in [1.807, 2.05) is 5.38 Å². The Morgan fingerprint density at radius 3 is 2.33 bits per heavy atom. The highest BCUT2D eigenvalue weighted by atomic mass is 35.5. The van der Waals surface area contributed by atoms with Crippen molar-refractivity contribution in [1.29, 1.82) is 0 Å². The monoisotopic (exact) mass is 299 g/mol. The highest BCUT2D eigenvalue weighted by Crippen LogP contribution is 2.40. The SMILES string of the molecule is Clc1nc(-c2cscn2)nc(Cl)c1C1CCCC1. The third-order valence-corrected chi connectivity index (χ3v) is 4.44. The number of nitrogens with zero attached hydrogens (tertiary/aromatic N) is 3. The molecule has 1 saturated carbocycles. The van der Waals surface area contributed by atoms with Crippen molar-refractivity contribution in [3.05, 3.63) is 26.8 Å². The largest absolute Gasteiger partial charge is 0.241 e. The number of halogens is 2. The predicted molar refractivity (Wildman–Crippen MR) is 74.4 cm³/mol. The Morgan fingerprint density at radius 2 is 1.78 bits per heavy atom. The molecule has 0 N–H and O–H groups in total. The van der Waals surface area contributed by atoms with Crippen molar-refractivity contribution in [3.63, 3.8) is 0 Å². The Kier molecular flexibility index (Phi) is 3.50. The lowest BCUT2D eigenvalue weighted by atomic mass is 10.0. The van der Waals surface area contributed by atoms with Crippen LogP contribution in [0.2, 0.25) is 10.3 Å². The molecule has 0 aliphatic heterocycles. The lowest BCUT2D eigenvalue weighted by Crippen LogP contribution is -2.01. The third kappa shape index (κ3) is 2.25. The van der Waals surface area contributed by atoms with Crippen LogP contribution in [0.25, 0.3) is 11.5 Å². The van der Waals surface area contributed by atoms with E-state index in [0.29, 0.717) is 22.0 Å². The zero-order valence-corrected chi connectivity index (χ0v) is 11.9. The average Bonchev–Trinajstić information content (AvgIpc) is 3.01. The van der Waals surface area contributed by atoms with Crippen LogP contribution in [0.1, 0.15) is 37.2 Å². The van der Waals surface area contributed by atoms with Gasteiger partial charge in [-0.3, -0.25) is 0 Å². The van der Waals surface area contributed by atoms with Crippen LogP contribution in [0.3, 0.4) is 0 Å². The summed E-state index contributed by atoms with van der Waals surface area (Å²) in [5, 5.41) is 2.84. The van der Waals surface area contributed by atoms with Crippen molar-refractivity contribution in [2.75, 3.05) is 0 Å². The summed E-state index contributed by atoms with van der Waals surface area (Å²) in [4.78, 5) is 12.8. The molecular weight excluding hydrogens is 289 g/mol. The fourth-order valence-electron chi connectivity index (χ4n) is 2.41. The van der Waals surface area contributed by atoms with Crippen molar-refractivity contribution < 1.29 is 0 Å². The van der Waals surface area contributed by atoms with E-state index >= 15 is 0 Å². The van der Waals surface area contributed by atoms with Crippen LogP contribution in [0.15, 0.2) is 10.9 Å². The van der Waals surface area contributed by atoms with E-state index in [1.54, 1.807) is 5.51 Å². The molecule has 1 fully saturated rings. The fraction of sp³-hybridized carbons (Fsp3) is 0.417. The van der Waals surface area contributed by atoms with Gasteiger partial charge in [-0.2, -0.15) is 0 Å². The van der Waals surface area contributed by atoms with Crippen molar-refractivity contribution in [2.45, 2.75) is 31.6 Å². The van der Waals surface area contributed by atoms with Gasteiger partial charge in [-0.05, 0) is 18.8 Å². The first kappa shape index (κ1) is 12.3. The molecule has 0 bridgehead atoms. The Bertz CT molecular complexity index is 527. The van der Waals surface area contributed by atoms with Crippen LogP contribution in [0.4, 0.5) is 0 Å². The molecule has 3 rings (SSSR count). The quantitative estimate of drug-likeness (QED) is 0.763. The summed E-state index contributed by atoms with van der Waals surface area (Å²) in [5.74, 6) is 0.919. The number of hydrogen-bond acceptors (Lipinski definition) is 4. The lowest BCUT2D eigenvalue weighted by molar-refractivity contribution is 0.715. The maximum atomic E-state index is 6.27. The summed E-state index contributed by atoms with van der Waals surface area (Å²) >= 11 is 14.0. The maximum Gasteiger partial charge on any atom is 0.181 e. The van der Waals surface area contributed by atoms with E-state index < -0.39 is 0 Å². The second-order valence-corrected chi connectivity index (χ2v) is 5.83. The predicted octanol–water partition coefficient (Wildman–Crippen LogP) is 4.56. The molecule has 0 spiro atoms. The topological polar surface area (TPSA) is 38.7 Å². The fourth-order valence-corrected chi connectivity index (χ4v) is 3.63. The van der Waals surface area contributed by atoms with E-state index in [1.165, 1.54) is 24.2 Å². The van der Waals surface area contributed by atoms with E-state index in [0.717, 1.165) is 24.1 Å². The molecule has 2 aromatic heterocycles. The van der Waals surface area contributed by atoms with Crippen LogP contribution in [-0.4, -0.2) is 15.0 Å². The summed E-state index contributed by atoms with van der Waals surface area (Å²) < 4.78 is 0.